The van der Waals surface area contributed by atoms with E-state index in [9.17, 15) is 24.6 Å². The second kappa shape index (κ2) is 11.3. The Balaban J connectivity index is 1.20. The number of rotatable bonds is 9. The molecule has 7 aliphatic rings. The highest BCUT2D eigenvalue weighted by molar-refractivity contribution is 6.21. The Hall–Kier alpha value is -2.45. The number of amides is 2. The number of esters is 1. The zero-order chi connectivity index (χ0) is 34.8. The van der Waals surface area contributed by atoms with E-state index < -0.39 is 46.1 Å². The summed E-state index contributed by atoms with van der Waals surface area (Å²) in [4.78, 5) is 42.6. The minimum absolute atomic E-state index is 0.0516. The van der Waals surface area contributed by atoms with Crippen molar-refractivity contribution in [1.82, 2.24) is 4.90 Å². The molecular formula is C37H50N2O10. The fourth-order valence-electron chi connectivity index (χ4n) is 13.1. The largest absolute Gasteiger partial charge is 0.461 e. The molecule has 8 rings (SSSR count). The lowest BCUT2D eigenvalue weighted by atomic mass is 9.42. The predicted molar refractivity (Wildman–Crippen MR) is 174 cm³/mol. The van der Waals surface area contributed by atoms with Crippen molar-refractivity contribution in [2.24, 2.45) is 40.4 Å². The van der Waals surface area contributed by atoms with Crippen LogP contribution in [-0.2, 0) is 33.3 Å². The van der Waals surface area contributed by atoms with Gasteiger partial charge in [0.25, 0.3) is 0 Å². The molecule has 2 saturated heterocycles. The van der Waals surface area contributed by atoms with Gasteiger partial charge in [-0.3, -0.25) is 19.4 Å². The molecule has 2 heterocycles. The molecule has 14 atom stereocenters. The van der Waals surface area contributed by atoms with Crippen molar-refractivity contribution >= 4 is 23.5 Å². The van der Waals surface area contributed by atoms with Gasteiger partial charge in [0.2, 0.25) is 11.8 Å². The lowest BCUT2D eigenvalue weighted by Crippen LogP contribution is -2.82. The Labute approximate surface area is 287 Å². The van der Waals surface area contributed by atoms with Gasteiger partial charge >= 0.3 is 5.97 Å². The minimum atomic E-state index is -1.68. The number of benzene rings is 1. The number of carbonyl (C=O) groups excluding carboxylic acids is 3. The number of piperidine rings is 1. The van der Waals surface area contributed by atoms with Crippen molar-refractivity contribution in [3.63, 3.8) is 0 Å². The summed E-state index contributed by atoms with van der Waals surface area (Å²) < 4.78 is 31.3. The second-order valence-corrected chi connectivity index (χ2v) is 16.0. The van der Waals surface area contributed by atoms with Crippen LogP contribution < -0.4 is 4.90 Å². The van der Waals surface area contributed by atoms with Crippen LogP contribution >= 0.6 is 0 Å². The first-order valence-corrected chi connectivity index (χ1v) is 17.9. The number of anilines is 1. The molecule has 2 amide bonds. The zero-order valence-electron chi connectivity index (χ0n) is 29.3. The fraction of sp³-hybridized carbons (Fsp3) is 0.757. The lowest BCUT2D eigenvalue weighted by Gasteiger charge is -2.70. The molecule has 12 nitrogen and oxygen atoms in total. The van der Waals surface area contributed by atoms with Crippen LogP contribution in [0.1, 0.15) is 56.3 Å². The van der Waals surface area contributed by atoms with Crippen LogP contribution in [0.15, 0.2) is 24.3 Å². The number of methoxy groups -OCH3 is 4. The van der Waals surface area contributed by atoms with E-state index in [1.807, 2.05) is 0 Å². The Kier molecular flexibility index (Phi) is 7.75. The van der Waals surface area contributed by atoms with Crippen LogP contribution in [0.3, 0.4) is 0 Å². The highest BCUT2D eigenvalue weighted by Crippen LogP contribution is 2.80. The van der Waals surface area contributed by atoms with Crippen LogP contribution in [0.2, 0.25) is 0 Å². The predicted octanol–water partition coefficient (Wildman–Crippen LogP) is 2.04. The van der Waals surface area contributed by atoms with Crippen LogP contribution in [0, 0.1) is 40.4 Å². The number of aliphatic hydroxyl groups is 2. The van der Waals surface area contributed by atoms with E-state index in [0.29, 0.717) is 31.6 Å². The van der Waals surface area contributed by atoms with Crippen molar-refractivity contribution in [1.29, 1.82) is 0 Å². The second-order valence-electron chi connectivity index (χ2n) is 16.0. The molecule has 1 spiro atoms. The van der Waals surface area contributed by atoms with Crippen molar-refractivity contribution < 1.29 is 48.3 Å². The molecule has 49 heavy (non-hydrogen) atoms. The molecule has 12 heteroatoms. The summed E-state index contributed by atoms with van der Waals surface area (Å²) >= 11 is 0. The SMILES string of the molecule is CCN1C[C@]2(COC(=O)c3cccc(N4C(=O)C[C@@H](C)C4=O)c3)CC[C@@H](OC)[C@@]34[C@@H]5C[C@H]6[C@H](OC)[C@@H]5[C@](O)(C[C@@H]6OC)[C@@](O)([C@@H](OC)[C@H]23)[C@@H]14. The van der Waals surface area contributed by atoms with Crippen molar-refractivity contribution in [3.05, 3.63) is 29.8 Å². The summed E-state index contributed by atoms with van der Waals surface area (Å²) in [6, 6.07) is 6.03. The minimum Gasteiger partial charge on any atom is -0.461 e. The van der Waals surface area contributed by atoms with Crippen molar-refractivity contribution in [2.75, 3.05) is 53.0 Å². The molecule has 0 unspecified atom stereocenters. The third kappa shape index (κ3) is 3.91. The van der Waals surface area contributed by atoms with E-state index in [-0.39, 0.29) is 78.8 Å². The summed E-state index contributed by atoms with van der Waals surface area (Å²) in [6.07, 6.45) is 0.958. The van der Waals surface area contributed by atoms with Gasteiger partial charge in [0.1, 0.15) is 11.2 Å². The van der Waals surface area contributed by atoms with E-state index in [0.717, 1.165) is 11.3 Å². The Bertz CT molecular complexity index is 1560. The number of carbonyl (C=O) groups is 3. The Morgan fingerprint density at radius 3 is 2.47 bits per heavy atom. The van der Waals surface area contributed by atoms with Crippen LogP contribution in [-0.4, -0.2) is 123 Å². The van der Waals surface area contributed by atoms with Gasteiger partial charge in [-0.25, -0.2) is 4.79 Å². The molecule has 2 aliphatic heterocycles. The maximum atomic E-state index is 13.8. The Morgan fingerprint density at radius 2 is 1.84 bits per heavy atom. The normalized spacial score (nSPS) is 48.0. The molecule has 0 aromatic heterocycles. The van der Waals surface area contributed by atoms with E-state index in [1.165, 1.54) is 0 Å². The molecule has 2 N–H and O–H groups in total. The van der Waals surface area contributed by atoms with Gasteiger partial charge < -0.3 is 33.9 Å². The number of nitrogens with zero attached hydrogens (tertiary/aromatic N) is 2. The van der Waals surface area contributed by atoms with Crippen molar-refractivity contribution in [2.45, 2.75) is 87.6 Å². The average Bonchev–Trinajstić information content (AvgIpc) is 3.63. The topological polar surface area (TPSA) is 144 Å². The van der Waals surface area contributed by atoms with Gasteiger partial charge in [-0.15, -0.1) is 0 Å². The summed E-state index contributed by atoms with van der Waals surface area (Å²) in [5.41, 5.74) is -3.87. The number of ether oxygens (including phenoxy) is 5. The number of hydrogen-bond acceptors (Lipinski definition) is 11. The summed E-state index contributed by atoms with van der Waals surface area (Å²) in [5, 5.41) is 26.5. The van der Waals surface area contributed by atoms with Gasteiger partial charge in [0, 0.05) is 82.3 Å². The molecule has 5 aliphatic carbocycles. The first kappa shape index (κ1) is 33.7. The van der Waals surface area contributed by atoms with Crippen LogP contribution in [0.5, 0.6) is 0 Å². The van der Waals surface area contributed by atoms with Crippen molar-refractivity contribution in [3.8, 4) is 0 Å². The molecule has 0 radical (unpaired) electrons. The van der Waals surface area contributed by atoms with Crippen LogP contribution in [0.25, 0.3) is 0 Å². The third-order valence-electron chi connectivity index (χ3n) is 14.5. The number of imide groups is 1. The number of fused-ring (bicyclic) bond motifs is 2. The molecule has 268 valence electrons. The van der Waals surface area contributed by atoms with Gasteiger partial charge in [0.15, 0.2) is 0 Å². The van der Waals surface area contributed by atoms with Gasteiger partial charge in [-0.05, 0) is 49.9 Å². The van der Waals surface area contributed by atoms with Gasteiger partial charge in [0.05, 0.1) is 48.3 Å². The number of likely N-dealkylation sites (N-methyl/N-ethyl adjacent to an activating group) is 1. The van der Waals surface area contributed by atoms with E-state index in [1.54, 1.807) is 59.6 Å². The van der Waals surface area contributed by atoms with E-state index in [4.69, 9.17) is 23.7 Å². The maximum Gasteiger partial charge on any atom is 0.338 e. The molecule has 7 bridgehead atoms. The van der Waals surface area contributed by atoms with E-state index in [2.05, 4.69) is 11.8 Å². The summed E-state index contributed by atoms with van der Waals surface area (Å²) in [5.74, 6) is -2.19. The fourth-order valence-corrected chi connectivity index (χ4v) is 13.1. The molecule has 5 saturated carbocycles. The first-order chi connectivity index (χ1) is 23.4. The van der Waals surface area contributed by atoms with Gasteiger partial charge in [-0.1, -0.05) is 19.9 Å². The summed E-state index contributed by atoms with van der Waals surface area (Å²) in [7, 11) is 6.72. The number of hydrogen-bond donors (Lipinski definition) is 2. The average molecular weight is 683 g/mol. The molecule has 7 fully saturated rings. The summed E-state index contributed by atoms with van der Waals surface area (Å²) in [6.45, 7) is 5.04. The highest BCUT2D eigenvalue weighted by atomic mass is 16.5. The third-order valence-corrected chi connectivity index (χ3v) is 14.5. The zero-order valence-corrected chi connectivity index (χ0v) is 29.3. The van der Waals surface area contributed by atoms with Gasteiger partial charge in [-0.2, -0.15) is 0 Å². The van der Waals surface area contributed by atoms with Crippen LogP contribution in [0.4, 0.5) is 5.69 Å². The quantitative estimate of drug-likeness (QED) is 0.292. The monoisotopic (exact) mass is 682 g/mol. The molecule has 1 aromatic rings. The maximum absolute atomic E-state index is 13.8. The Morgan fingerprint density at radius 1 is 1.06 bits per heavy atom. The lowest BCUT2D eigenvalue weighted by molar-refractivity contribution is -0.320. The molecule has 1 aromatic carbocycles. The molecular weight excluding hydrogens is 632 g/mol. The standard InChI is InChI=1S/C37H50N2O10/c1-7-38-17-34(18-49-32(42)20-9-8-10-21(14-20)39-26(40)13-19(2)31(39)41)12-11-25(46-4)36-23-15-22-24(45-3)16-35(43,27(23)28(22)47-5)37(44,33(36)38)30(48-6)29(34)36/h8-10,14,19,22-25,27-30,33,43-44H,7,11-13,15-18H2,1-6H3/t19-,22-,23-,24+,25-,27-,28+,29-,30+,33+,34+,35-,36+,37-/m1/s1. The highest BCUT2D eigenvalue weighted by Gasteiger charge is 2.91. The smallest absolute Gasteiger partial charge is 0.338 e. The van der Waals surface area contributed by atoms with E-state index >= 15 is 0 Å². The first-order valence-electron chi connectivity index (χ1n) is 17.9. The number of likely N-dealkylation sites (tertiary alicyclic amines) is 1.